The molecule has 2 aromatic carbocycles. The minimum absolute atomic E-state index is 0.392. The molecule has 0 bridgehead atoms. The van der Waals surface area contributed by atoms with Gasteiger partial charge in [-0.3, -0.25) is 4.21 Å². The van der Waals surface area contributed by atoms with Gasteiger partial charge in [0.05, 0.1) is 22.1 Å². The monoisotopic (exact) mass is 374 g/mol. The van der Waals surface area contributed by atoms with Gasteiger partial charge < -0.3 is 0 Å². The molecule has 4 heteroatoms. The summed E-state index contributed by atoms with van der Waals surface area (Å²) in [5, 5.41) is 10.2. The molecule has 1 aromatic heterocycles. The molecule has 0 saturated carbocycles. The van der Waals surface area contributed by atoms with Crippen LogP contribution in [-0.2, 0) is 10.8 Å². The molecule has 1 atom stereocenters. The lowest BCUT2D eigenvalue weighted by atomic mass is 9.99. The third-order valence-electron chi connectivity index (χ3n) is 4.43. The lowest BCUT2D eigenvalue weighted by molar-refractivity contribution is 0.676. The number of rotatable bonds is 6. The van der Waals surface area contributed by atoms with Gasteiger partial charge in [-0.1, -0.05) is 73.5 Å². The van der Waals surface area contributed by atoms with Crippen molar-refractivity contribution < 1.29 is 4.21 Å². The largest absolute Gasteiger partial charge is 0.253 e. The summed E-state index contributed by atoms with van der Waals surface area (Å²) in [5.41, 5.74) is 4.99. The highest BCUT2D eigenvalue weighted by atomic mass is 32.2. The van der Waals surface area contributed by atoms with E-state index in [1.165, 1.54) is 5.56 Å². The van der Waals surface area contributed by atoms with Crippen molar-refractivity contribution in [3.63, 3.8) is 0 Å². The summed E-state index contributed by atoms with van der Waals surface area (Å²) in [6, 6.07) is 22.0. The zero-order chi connectivity index (χ0) is 19.2. The van der Waals surface area contributed by atoms with Crippen LogP contribution in [0.1, 0.15) is 30.9 Å². The fourth-order valence-corrected chi connectivity index (χ4v) is 4.21. The third kappa shape index (κ3) is 4.32. The summed E-state index contributed by atoms with van der Waals surface area (Å²) in [5.74, 6) is 0.518. The third-order valence-corrected chi connectivity index (χ3v) is 5.82. The van der Waals surface area contributed by atoms with Crippen molar-refractivity contribution in [1.82, 2.24) is 4.98 Å². The van der Waals surface area contributed by atoms with E-state index in [0.717, 1.165) is 35.2 Å². The van der Waals surface area contributed by atoms with Crippen molar-refractivity contribution in [2.24, 2.45) is 0 Å². The summed E-state index contributed by atoms with van der Waals surface area (Å²) in [6.07, 6.45) is 1.80. The Labute approximate surface area is 163 Å². The van der Waals surface area contributed by atoms with Gasteiger partial charge in [-0.15, -0.1) is 0 Å². The fraction of sp³-hybridized carbons (Fsp3) is 0.217. The Morgan fingerprint density at radius 2 is 1.74 bits per heavy atom. The minimum Gasteiger partial charge on any atom is -0.253 e. The average Bonchev–Trinajstić information content (AvgIpc) is 2.72. The van der Waals surface area contributed by atoms with E-state index in [1.54, 1.807) is 0 Å². The van der Waals surface area contributed by atoms with Crippen LogP contribution in [0, 0.1) is 18.3 Å². The number of hydrogen-bond acceptors (Lipinski definition) is 3. The molecule has 0 amide bonds. The number of aromatic nitrogens is 1. The van der Waals surface area contributed by atoms with Crippen molar-refractivity contribution in [3.05, 3.63) is 71.8 Å². The standard InChI is InChI=1S/C23H22N2OS/c1-3-4-14-27(26)23-21(16-24)20(18-8-6-5-7-9-18)15-22(25-23)19-12-10-17(2)11-13-19/h5-13,15H,3-4,14H2,1-2H3/t27-/m1/s1. The molecule has 3 nitrogen and oxygen atoms in total. The normalized spacial score (nSPS) is 11.7. The van der Waals surface area contributed by atoms with E-state index >= 15 is 0 Å². The molecule has 0 spiro atoms. The highest BCUT2D eigenvalue weighted by Gasteiger charge is 2.19. The summed E-state index contributed by atoms with van der Waals surface area (Å²) < 4.78 is 12.9. The molecular weight excluding hydrogens is 352 g/mol. The molecule has 0 fully saturated rings. The van der Waals surface area contributed by atoms with Crippen LogP contribution in [0.5, 0.6) is 0 Å². The molecule has 0 aliphatic rings. The van der Waals surface area contributed by atoms with Crippen LogP contribution >= 0.6 is 0 Å². The molecule has 0 radical (unpaired) electrons. The predicted molar refractivity (Wildman–Crippen MR) is 111 cm³/mol. The van der Waals surface area contributed by atoms with Crippen LogP contribution in [-0.4, -0.2) is 14.9 Å². The van der Waals surface area contributed by atoms with Crippen molar-refractivity contribution in [2.45, 2.75) is 31.7 Å². The van der Waals surface area contributed by atoms with Gasteiger partial charge in [-0.05, 0) is 25.0 Å². The van der Waals surface area contributed by atoms with Crippen LogP contribution in [0.25, 0.3) is 22.4 Å². The zero-order valence-electron chi connectivity index (χ0n) is 15.6. The number of hydrogen-bond donors (Lipinski definition) is 0. The van der Waals surface area contributed by atoms with Crippen molar-refractivity contribution >= 4 is 10.8 Å². The molecule has 27 heavy (non-hydrogen) atoms. The molecule has 0 unspecified atom stereocenters. The predicted octanol–water partition coefficient (Wildman–Crippen LogP) is 5.50. The molecule has 0 N–H and O–H groups in total. The van der Waals surface area contributed by atoms with E-state index in [-0.39, 0.29) is 0 Å². The highest BCUT2D eigenvalue weighted by Crippen LogP contribution is 2.31. The maximum Gasteiger partial charge on any atom is 0.146 e. The Morgan fingerprint density at radius 1 is 1.04 bits per heavy atom. The quantitative estimate of drug-likeness (QED) is 0.572. The van der Waals surface area contributed by atoms with E-state index in [1.807, 2.05) is 67.6 Å². The average molecular weight is 375 g/mol. The Hall–Kier alpha value is -2.77. The molecule has 1 heterocycles. The summed E-state index contributed by atoms with van der Waals surface area (Å²) in [4.78, 5) is 4.66. The maximum atomic E-state index is 12.9. The molecule has 0 saturated heterocycles. The van der Waals surface area contributed by atoms with Crippen molar-refractivity contribution in [1.29, 1.82) is 5.26 Å². The Kier molecular flexibility index (Phi) is 6.16. The van der Waals surface area contributed by atoms with Crippen molar-refractivity contribution in [2.75, 3.05) is 5.75 Å². The highest BCUT2D eigenvalue weighted by molar-refractivity contribution is 7.85. The van der Waals surface area contributed by atoms with E-state index < -0.39 is 10.8 Å². The van der Waals surface area contributed by atoms with Crippen LogP contribution in [0.15, 0.2) is 65.7 Å². The van der Waals surface area contributed by atoms with Gasteiger partial charge >= 0.3 is 0 Å². The smallest absolute Gasteiger partial charge is 0.146 e. The van der Waals surface area contributed by atoms with E-state index in [4.69, 9.17) is 0 Å². The Bertz CT molecular complexity index is 989. The molecule has 3 rings (SSSR count). The van der Waals surface area contributed by atoms with Crippen LogP contribution in [0.3, 0.4) is 0 Å². The first-order chi connectivity index (χ1) is 13.1. The van der Waals surface area contributed by atoms with Gasteiger partial charge in [0.15, 0.2) is 0 Å². The lowest BCUT2D eigenvalue weighted by Gasteiger charge is -2.13. The second kappa shape index (κ2) is 8.75. The number of benzene rings is 2. The Morgan fingerprint density at radius 3 is 2.37 bits per heavy atom. The van der Waals surface area contributed by atoms with Crippen LogP contribution in [0.2, 0.25) is 0 Å². The second-order valence-electron chi connectivity index (χ2n) is 6.48. The Balaban J connectivity index is 2.22. The molecule has 136 valence electrons. The van der Waals surface area contributed by atoms with Gasteiger partial charge in [0.25, 0.3) is 0 Å². The minimum atomic E-state index is -1.30. The number of nitrogens with zero attached hydrogens (tertiary/aromatic N) is 2. The lowest BCUT2D eigenvalue weighted by Crippen LogP contribution is -2.06. The number of aryl methyl sites for hydroxylation is 1. The second-order valence-corrected chi connectivity index (χ2v) is 7.97. The molecule has 3 aromatic rings. The van der Waals surface area contributed by atoms with Crippen LogP contribution < -0.4 is 0 Å². The number of unbranched alkanes of at least 4 members (excludes halogenated alkanes) is 1. The van der Waals surface area contributed by atoms with Gasteiger partial charge in [0.1, 0.15) is 11.1 Å². The van der Waals surface area contributed by atoms with Gasteiger partial charge in [-0.2, -0.15) is 5.26 Å². The fourth-order valence-electron chi connectivity index (χ4n) is 2.88. The first kappa shape index (κ1) is 19.0. The SMILES string of the molecule is CCCC[S@@](=O)c1nc(-c2ccc(C)cc2)cc(-c2ccccc2)c1C#N. The van der Waals surface area contributed by atoms with Gasteiger partial charge in [-0.25, -0.2) is 4.98 Å². The van der Waals surface area contributed by atoms with Crippen molar-refractivity contribution in [3.8, 4) is 28.5 Å². The summed E-state index contributed by atoms with van der Waals surface area (Å²) in [7, 11) is -1.30. The molecule has 0 aliphatic carbocycles. The van der Waals surface area contributed by atoms with E-state index in [2.05, 4.69) is 18.0 Å². The molecule has 0 aliphatic heterocycles. The zero-order valence-corrected chi connectivity index (χ0v) is 16.4. The summed E-state index contributed by atoms with van der Waals surface area (Å²) >= 11 is 0. The first-order valence-corrected chi connectivity index (χ1v) is 10.4. The van der Waals surface area contributed by atoms with Gasteiger partial charge in [0.2, 0.25) is 0 Å². The van der Waals surface area contributed by atoms with Crippen LogP contribution in [0.4, 0.5) is 0 Å². The summed E-state index contributed by atoms with van der Waals surface area (Å²) in [6.45, 7) is 4.10. The number of pyridine rings is 1. The maximum absolute atomic E-state index is 12.9. The first-order valence-electron chi connectivity index (χ1n) is 9.10. The van der Waals surface area contributed by atoms with Gasteiger partial charge in [0, 0.05) is 16.9 Å². The van der Waals surface area contributed by atoms with E-state index in [9.17, 15) is 9.47 Å². The topological polar surface area (TPSA) is 53.8 Å². The van der Waals surface area contributed by atoms with E-state index in [0.29, 0.717) is 16.3 Å². The number of nitriles is 1. The molecular formula is C23H22N2OS.